The predicted molar refractivity (Wildman–Crippen MR) is 306 cm³/mol. The van der Waals surface area contributed by atoms with Gasteiger partial charge in [-0.1, -0.05) is 301 Å². The van der Waals surface area contributed by atoms with Crippen molar-refractivity contribution in [3.05, 3.63) is 24.3 Å². The number of allylic oxidation sites excluding steroid dienone is 3. The first kappa shape index (κ1) is 68.3. The molecule has 0 bridgehead atoms. The van der Waals surface area contributed by atoms with E-state index >= 15 is 0 Å². The standard InChI is InChI=1S/C64H123NO5/c1-3-5-7-9-11-13-15-17-30-33-36-40-44-48-52-56-62(67)61(60-66)65-63(68)57-53-49-45-41-37-34-31-28-26-24-22-20-18-19-21-23-25-27-29-32-35-39-43-47-51-55-59-70-64(69)58-54-50-46-42-38-16-14-12-10-8-6-4-2/h18,20,52,56,61-62,66-67H,3-17,19,21-51,53-55,57-60H2,1-2H3,(H,65,68)/b20-18-,56-52+. The molecule has 6 heteroatoms. The van der Waals surface area contributed by atoms with Crippen LogP contribution < -0.4 is 5.32 Å². The highest BCUT2D eigenvalue weighted by molar-refractivity contribution is 5.76. The lowest BCUT2D eigenvalue weighted by Crippen LogP contribution is -2.45. The largest absolute Gasteiger partial charge is 0.466 e. The van der Waals surface area contributed by atoms with E-state index in [0.717, 1.165) is 38.5 Å². The molecule has 0 heterocycles. The van der Waals surface area contributed by atoms with Crippen molar-refractivity contribution in [2.75, 3.05) is 13.2 Å². The number of rotatable bonds is 59. The van der Waals surface area contributed by atoms with Crippen LogP contribution in [-0.2, 0) is 14.3 Å². The maximum Gasteiger partial charge on any atom is 0.305 e. The fourth-order valence-electron chi connectivity index (χ4n) is 9.87. The normalized spacial score (nSPS) is 12.7. The number of nitrogens with one attached hydrogen (secondary N) is 1. The van der Waals surface area contributed by atoms with Crippen LogP contribution in [0.3, 0.4) is 0 Å². The molecule has 0 aliphatic carbocycles. The van der Waals surface area contributed by atoms with Crippen LogP contribution in [0.4, 0.5) is 0 Å². The summed E-state index contributed by atoms with van der Waals surface area (Å²) in [5.41, 5.74) is 0. The first-order valence-corrected chi connectivity index (χ1v) is 31.6. The van der Waals surface area contributed by atoms with Gasteiger partial charge in [0.25, 0.3) is 0 Å². The topological polar surface area (TPSA) is 95.9 Å². The van der Waals surface area contributed by atoms with Crippen LogP contribution in [-0.4, -0.2) is 47.4 Å². The summed E-state index contributed by atoms with van der Waals surface area (Å²) in [5.74, 6) is -0.0532. The predicted octanol–water partition coefficient (Wildman–Crippen LogP) is 19.8. The Morgan fingerprint density at radius 1 is 0.386 bits per heavy atom. The van der Waals surface area contributed by atoms with Crippen molar-refractivity contribution in [1.82, 2.24) is 5.32 Å². The molecule has 3 N–H and O–H groups in total. The Labute approximate surface area is 437 Å². The van der Waals surface area contributed by atoms with Gasteiger partial charge in [0.2, 0.25) is 5.91 Å². The van der Waals surface area contributed by atoms with Gasteiger partial charge in [-0.25, -0.2) is 0 Å². The zero-order valence-corrected chi connectivity index (χ0v) is 47.3. The van der Waals surface area contributed by atoms with Crippen molar-refractivity contribution < 1.29 is 24.5 Å². The molecule has 0 aromatic rings. The fraction of sp³-hybridized carbons (Fsp3) is 0.906. The van der Waals surface area contributed by atoms with Crippen LogP contribution in [0, 0.1) is 0 Å². The first-order valence-electron chi connectivity index (χ1n) is 31.6. The monoisotopic (exact) mass is 986 g/mol. The third-order valence-electron chi connectivity index (χ3n) is 14.7. The maximum atomic E-state index is 12.5. The van der Waals surface area contributed by atoms with Gasteiger partial charge in [0.1, 0.15) is 0 Å². The Hall–Kier alpha value is -1.66. The molecular weight excluding hydrogens is 863 g/mol. The van der Waals surface area contributed by atoms with Crippen LogP contribution in [0.5, 0.6) is 0 Å². The minimum absolute atomic E-state index is 0.0149. The summed E-state index contributed by atoms with van der Waals surface area (Å²) in [6.07, 6.45) is 73.7. The average Bonchev–Trinajstić information content (AvgIpc) is 3.36. The van der Waals surface area contributed by atoms with E-state index in [1.807, 2.05) is 6.08 Å². The van der Waals surface area contributed by atoms with Gasteiger partial charge in [-0.3, -0.25) is 9.59 Å². The summed E-state index contributed by atoms with van der Waals surface area (Å²) in [6, 6.07) is -0.628. The van der Waals surface area contributed by atoms with Crippen molar-refractivity contribution in [2.24, 2.45) is 0 Å². The molecule has 0 saturated carbocycles. The number of unbranched alkanes of at least 4 members (excludes halogenated alkanes) is 46. The SMILES string of the molecule is CCCCCCCCCCCCCCC/C=C/C(O)C(CO)NC(=O)CCCCCCCCCCCC/C=C\CCCCCCCCCCCCCCOC(=O)CCCCCCCCCCCCCC. The van der Waals surface area contributed by atoms with E-state index in [2.05, 4.69) is 31.3 Å². The van der Waals surface area contributed by atoms with E-state index in [4.69, 9.17) is 4.74 Å². The number of amides is 1. The summed E-state index contributed by atoms with van der Waals surface area (Å²) >= 11 is 0. The van der Waals surface area contributed by atoms with Crippen molar-refractivity contribution in [2.45, 2.75) is 360 Å². The molecule has 0 rings (SSSR count). The summed E-state index contributed by atoms with van der Waals surface area (Å²) in [4.78, 5) is 24.5. The highest BCUT2D eigenvalue weighted by Crippen LogP contribution is 2.17. The van der Waals surface area contributed by atoms with Gasteiger partial charge in [0.15, 0.2) is 0 Å². The summed E-state index contributed by atoms with van der Waals surface area (Å²) in [6.45, 7) is 4.92. The van der Waals surface area contributed by atoms with Crippen LogP contribution in [0.15, 0.2) is 24.3 Å². The lowest BCUT2D eigenvalue weighted by molar-refractivity contribution is -0.143. The zero-order valence-electron chi connectivity index (χ0n) is 47.3. The van der Waals surface area contributed by atoms with Gasteiger partial charge in [-0.05, 0) is 57.8 Å². The van der Waals surface area contributed by atoms with Gasteiger partial charge in [-0.2, -0.15) is 0 Å². The van der Waals surface area contributed by atoms with Crippen LogP contribution in [0.1, 0.15) is 348 Å². The number of hydrogen-bond acceptors (Lipinski definition) is 5. The molecule has 0 aliphatic rings. The number of hydrogen-bond donors (Lipinski definition) is 3. The summed E-state index contributed by atoms with van der Waals surface area (Å²) < 4.78 is 5.47. The molecule has 0 saturated heterocycles. The first-order chi connectivity index (χ1) is 34.5. The number of aliphatic hydroxyl groups excluding tert-OH is 2. The second kappa shape index (κ2) is 59.9. The van der Waals surface area contributed by atoms with Crippen molar-refractivity contribution in [3.63, 3.8) is 0 Å². The summed E-state index contributed by atoms with van der Waals surface area (Å²) in [7, 11) is 0. The van der Waals surface area contributed by atoms with Crippen LogP contribution in [0.2, 0.25) is 0 Å². The molecule has 1 amide bonds. The number of aliphatic hydroxyl groups is 2. The van der Waals surface area contributed by atoms with Crippen LogP contribution in [0.25, 0.3) is 0 Å². The Morgan fingerprint density at radius 3 is 1.01 bits per heavy atom. The Kier molecular flexibility index (Phi) is 58.5. The average molecular weight is 987 g/mol. The van der Waals surface area contributed by atoms with Crippen molar-refractivity contribution in [3.8, 4) is 0 Å². The maximum absolute atomic E-state index is 12.5. The third-order valence-corrected chi connectivity index (χ3v) is 14.7. The number of carbonyl (C=O) groups excluding carboxylic acids is 2. The second-order valence-corrected chi connectivity index (χ2v) is 21.7. The molecule has 0 aromatic heterocycles. The van der Waals surface area contributed by atoms with E-state index in [1.54, 1.807) is 6.08 Å². The molecular formula is C64H123NO5. The molecule has 70 heavy (non-hydrogen) atoms. The molecule has 0 spiro atoms. The fourth-order valence-corrected chi connectivity index (χ4v) is 9.87. The van der Waals surface area contributed by atoms with E-state index < -0.39 is 12.1 Å². The number of carbonyl (C=O) groups is 2. The third kappa shape index (κ3) is 55.7. The lowest BCUT2D eigenvalue weighted by Gasteiger charge is -2.20. The van der Waals surface area contributed by atoms with Gasteiger partial charge < -0.3 is 20.3 Å². The quantitative estimate of drug-likeness (QED) is 0.0321. The van der Waals surface area contributed by atoms with Gasteiger partial charge in [-0.15, -0.1) is 0 Å². The molecule has 2 atom stereocenters. The van der Waals surface area contributed by atoms with E-state index in [0.29, 0.717) is 19.4 Å². The van der Waals surface area contributed by atoms with E-state index in [-0.39, 0.29) is 18.5 Å². The summed E-state index contributed by atoms with van der Waals surface area (Å²) in [5, 5.41) is 23.1. The number of ether oxygens (including phenoxy) is 1. The molecule has 0 aromatic carbocycles. The Bertz CT molecular complexity index is 1090. The van der Waals surface area contributed by atoms with Gasteiger partial charge in [0.05, 0.1) is 25.4 Å². The lowest BCUT2D eigenvalue weighted by atomic mass is 10.0. The Balaban J connectivity index is 3.41. The van der Waals surface area contributed by atoms with Crippen molar-refractivity contribution >= 4 is 11.9 Å². The molecule has 2 unspecified atom stereocenters. The molecule has 414 valence electrons. The van der Waals surface area contributed by atoms with Gasteiger partial charge >= 0.3 is 5.97 Å². The van der Waals surface area contributed by atoms with E-state index in [1.165, 1.54) is 283 Å². The highest BCUT2D eigenvalue weighted by Gasteiger charge is 2.18. The smallest absolute Gasteiger partial charge is 0.305 e. The molecule has 6 nitrogen and oxygen atoms in total. The van der Waals surface area contributed by atoms with Gasteiger partial charge in [0, 0.05) is 12.8 Å². The molecule has 0 aliphatic heterocycles. The zero-order chi connectivity index (χ0) is 50.7. The van der Waals surface area contributed by atoms with Crippen LogP contribution >= 0.6 is 0 Å². The minimum atomic E-state index is -0.845. The molecule has 0 radical (unpaired) electrons. The minimum Gasteiger partial charge on any atom is -0.466 e. The Morgan fingerprint density at radius 2 is 0.671 bits per heavy atom. The second-order valence-electron chi connectivity index (χ2n) is 21.7. The number of esters is 1. The highest BCUT2D eigenvalue weighted by atomic mass is 16.5. The molecule has 0 fully saturated rings. The van der Waals surface area contributed by atoms with E-state index in [9.17, 15) is 19.8 Å². The van der Waals surface area contributed by atoms with Crippen molar-refractivity contribution in [1.29, 1.82) is 0 Å².